The average molecular weight is 443 g/mol. The summed E-state index contributed by atoms with van der Waals surface area (Å²) in [5.74, 6) is -0.413. The Morgan fingerprint density at radius 3 is 1.97 bits per heavy atom. The molecular formula is C24H30N2O4S. The lowest BCUT2D eigenvalue weighted by Gasteiger charge is -2.30. The minimum absolute atomic E-state index is 0.0489. The van der Waals surface area contributed by atoms with Crippen molar-refractivity contribution >= 4 is 27.4 Å². The topological polar surface area (TPSA) is 83.6 Å². The van der Waals surface area contributed by atoms with Crippen molar-refractivity contribution in [1.29, 1.82) is 0 Å². The molecule has 1 saturated heterocycles. The second-order valence-electron chi connectivity index (χ2n) is 9.08. The van der Waals surface area contributed by atoms with Gasteiger partial charge in [-0.25, -0.2) is 8.42 Å². The fourth-order valence-corrected chi connectivity index (χ4v) is 5.14. The number of amides is 1. The highest BCUT2D eigenvalue weighted by Gasteiger charge is 2.32. The third kappa shape index (κ3) is 5.40. The Hall–Kier alpha value is -2.51. The number of benzene rings is 2. The normalized spacial score (nSPS) is 16.1. The van der Waals surface area contributed by atoms with Crippen LogP contribution in [0.15, 0.2) is 53.4 Å². The van der Waals surface area contributed by atoms with Gasteiger partial charge in [-0.05, 0) is 55.0 Å². The van der Waals surface area contributed by atoms with Gasteiger partial charge >= 0.3 is 0 Å². The number of hydrogen-bond acceptors (Lipinski definition) is 4. The van der Waals surface area contributed by atoms with Gasteiger partial charge < -0.3 is 5.32 Å². The van der Waals surface area contributed by atoms with Crippen LogP contribution >= 0.6 is 0 Å². The smallest absolute Gasteiger partial charge is 0.243 e. The number of ketones is 1. The van der Waals surface area contributed by atoms with Crippen molar-refractivity contribution in [2.24, 2.45) is 5.92 Å². The van der Waals surface area contributed by atoms with Crippen LogP contribution in [0.4, 0.5) is 5.69 Å². The van der Waals surface area contributed by atoms with Gasteiger partial charge in [-0.2, -0.15) is 4.31 Å². The van der Waals surface area contributed by atoms with Crippen molar-refractivity contribution in [1.82, 2.24) is 4.31 Å². The number of piperidine rings is 1. The van der Waals surface area contributed by atoms with Gasteiger partial charge in [-0.15, -0.1) is 0 Å². The summed E-state index contributed by atoms with van der Waals surface area (Å²) in [5, 5.41) is 2.95. The molecule has 2 aromatic carbocycles. The number of nitrogens with zero attached hydrogens (tertiary/aromatic N) is 1. The van der Waals surface area contributed by atoms with Crippen LogP contribution in [0.3, 0.4) is 0 Å². The summed E-state index contributed by atoms with van der Waals surface area (Å²) in [7, 11) is -3.64. The molecule has 1 amide bonds. The predicted molar refractivity (Wildman–Crippen MR) is 122 cm³/mol. The number of carbonyl (C=O) groups is 2. The summed E-state index contributed by atoms with van der Waals surface area (Å²) in [6.07, 6.45) is 0.938. The highest BCUT2D eigenvalue weighted by molar-refractivity contribution is 7.89. The van der Waals surface area contributed by atoms with Crippen molar-refractivity contribution in [3.8, 4) is 0 Å². The maximum Gasteiger partial charge on any atom is 0.243 e. The predicted octanol–water partition coefficient (Wildman–Crippen LogP) is 4.23. The first-order valence-electron chi connectivity index (χ1n) is 10.5. The highest BCUT2D eigenvalue weighted by Crippen LogP contribution is 2.27. The van der Waals surface area contributed by atoms with Crippen molar-refractivity contribution in [3.05, 3.63) is 59.7 Å². The van der Waals surface area contributed by atoms with E-state index in [-0.39, 0.29) is 41.0 Å². The van der Waals surface area contributed by atoms with Crippen LogP contribution in [0.25, 0.3) is 0 Å². The molecule has 3 rings (SSSR count). The lowest BCUT2D eigenvalue weighted by molar-refractivity contribution is -0.120. The second kappa shape index (κ2) is 8.93. The standard InChI is InChI=1S/C24H30N2O4S/c1-17(27)18-5-11-22(12-6-18)31(29,30)26-15-13-19(14-16-26)23(28)25-21-9-7-20(8-10-21)24(2,3)4/h5-12,19H,13-16H2,1-4H3,(H,25,28). The molecule has 0 bridgehead atoms. The Morgan fingerprint density at radius 1 is 0.935 bits per heavy atom. The minimum atomic E-state index is -3.64. The fraction of sp³-hybridized carbons (Fsp3) is 0.417. The quantitative estimate of drug-likeness (QED) is 0.703. The third-order valence-electron chi connectivity index (χ3n) is 5.74. The zero-order valence-electron chi connectivity index (χ0n) is 18.5. The molecule has 1 aliphatic heterocycles. The summed E-state index contributed by atoms with van der Waals surface area (Å²) in [6.45, 7) is 8.44. The molecule has 0 radical (unpaired) electrons. The van der Waals surface area contributed by atoms with Crippen LogP contribution < -0.4 is 5.32 Å². The Labute approximate surface area is 184 Å². The van der Waals surface area contributed by atoms with Gasteiger partial charge in [0.2, 0.25) is 15.9 Å². The van der Waals surface area contributed by atoms with Gasteiger partial charge in [0.1, 0.15) is 0 Å². The van der Waals surface area contributed by atoms with E-state index in [1.807, 2.05) is 24.3 Å². The summed E-state index contributed by atoms with van der Waals surface area (Å²) < 4.78 is 27.2. The van der Waals surface area contributed by atoms with Gasteiger partial charge in [0.15, 0.2) is 5.78 Å². The van der Waals surface area contributed by atoms with Crippen molar-refractivity contribution in [2.75, 3.05) is 18.4 Å². The minimum Gasteiger partial charge on any atom is -0.326 e. The van der Waals surface area contributed by atoms with E-state index in [9.17, 15) is 18.0 Å². The summed E-state index contributed by atoms with van der Waals surface area (Å²) in [6, 6.07) is 13.8. The van der Waals surface area contributed by atoms with Gasteiger partial charge in [-0.1, -0.05) is 45.0 Å². The van der Waals surface area contributed by atoms with Gasteiger partial charge in [0, 0.05) is 30.3 Å². The summed E-state index contributed by atoms with van der Waals surface area (Å²) in [5.41, 5.74) is 2.47. The third-order valence-corrected chi connectivity index (χ3v) is 7.65. The highest BCUT2D eigenvalue weighted by atomic mass is 32.2. The fourth-order valence-electron chi connectivity index (χ4n) is 3.67. The van der Waals surface area contributed by atoms with Crippen LogP contribution in [-0.2, 0) is 20.2 Å². The van der Waals surface area contributed by atoms with Gasteiger partial charge in [0.25, 0.3) is 0 Å². The molecule has 1 heterocycles. The Bertz CT molecular complexity index is 1040. The van der Waals surface area contributed by atoms with Crippen molar-refractivity contribution < 1.29 is 18.0 Å². The first kappa shape index (κ1) is 23.2. The first-order chi connectivity index (χ1) is 14.5. The largest absolute Gasteiger partial charge is 0.326 e. The van der Waals surface area contributed by atoms with Crippen molar-refractivity contribution in [2.45, 2.75) is 50.8 Å². The van der Waals surface area contributed by atoms with Crippen LogP contribution in [0, 0.1) is 5.92 Å². The number of carbonyl (C=O) groups excluding carboxylic acids is 2. The lowest BCUT2D eigenvalue weighted by Crippen LogP contribution is -2.41. The van der Waals surface area contributed by atoms with Crippen LogP contribution in [0.1, 0.15) is 56.5 Å². The number of anilines is 1. The number of rotatable bonds is 5. The molecule has 166 valence electrons. The number of Topliss-reactive ketones (excluding diaryl/α,β-unsaturated/α-hetero) is 1. The van der Waals surface area contributed by atoms with E-state index in [1.54, 1.807) is 0 Å². The molecule has 1 aliphatic rings. The zero-order chi connectivity index (χ0) is 22.8. The summed E-state index contributed by atoms with van der Waals surface area (Å²) >= 11 is 0. The molecule has 0 saturated carbocycles. The number of hydrogen-bond donors (Lipinski definition) is 1. The molecule has 31 heavy (non-hydrogen) atoms. The number of sulfonamides is 1. The van der Waals surface area contributed by atoms with E-state index in [0.717, 1.165) is 5.69 Å². The zero-order valence-corrected chi connectivity index (χ0v) is 19.3. The molecule has 1 fully saturated rings. The Morgan fingerprint density at radius 2 is 1.48 bits per heavy atom. The van der Waals surface area contributed by atoms with Crippen LogP contribution in [0.2, 0.25) is 0 Å². The van der Waals surface area contributed by atoms with E-state index < -0.39 is 10.0 Å². The van der Waals surface area contributed by atoms with E-state index >= 15 is 0 Å². The van der Waals surface area contributed by atoms with Gasteiger partial charge in [-0.3, -0.25) is 9.59 Å². The molecule has 0 aliphatic carbocycles. The molecule has 0 atom stereocenters. The van der Waals surface area contributed by atoms with Gasteiger partial charge in [0.05, 0.1) is 4.90 Å². The van der Waals surface area contributed by atoms with E-state index in [4.69, 9.17) is 0 Å². The Balaban J connectivity index is 1.59. The molecule has 0 aromatic heterocycles. The molecule has 0 unspecified atom stereocenters. The maximum absolute atomic E-state index is 12.9. The summed E-state index contributed by atoms with van der Waals surface area (Å²) in [4.78, 5) is 24.2. The van der Waals surface area contributed by atoms with Crippen molar-refractivity contribution in [3.63, 3.8) is 0 Å². The second-order valence-corrected chi connectivity index (χ2v) is 11.0. The van der Waals surface area contributed by atoms with E-state index in [2.05, 4.69) is 26.1 Å². The lowest BCUT2D eigenvalue weighted by atomic mass is 9.87. The number of nitrogens with one attached hydrogen (secondary N) is 1. The molecule has 0 spiro atoms. The molecule has 6 nitrogen and oxygen atoms in total. The van der Waals surface area contributed by atoms with Crippen LogP contribution in [-0.4, -0.2) is 37.5 Å². The SMILES string of the molecule is CC(=O)c1ccc(S(=O)(=O)N2CCC(C(=O)Nc3ccc(C(C)(C)C)cc3)CC2)cc1. The molecule has 7 heteroatoms. The Kier molecular flexibility index (Phi) is 6.67. The first-order valence-corrected chi connectivity index (χ1v) is 11.9. The molecule has 1 N–H and O–H groups in total. The monoisotopic (exact) mass is 442 g/mol. The molecule has 2 aromatic rings. The van der Waals surface area contributed by atoms with Crippen LogP contribution in [0.5, 0.6) is 0 Å². The maximum atomic E-state index is 12.9. The van der Waals surface area contributed by atoms with E-state index in [0.29, 0.717) is 18.4 Å². The average Bonchev–Trinajstić information content (AvgIpc) is 2.73. The van der Waals surface area contributed by atoms with E-state index in [1.165, 1.54) is 41.1 Å². The molecular weight excluding hydrogens is 412 g/mol.